The lowest BCUT2D eigenvalue weighted by Crippen LogP contribution is -2.25. The van der Waals surface area contributed by atoms with Crippen LogP contribution in [0.15, 0.2) is 0 Å². The molecule has 0 radical (unpaired) electrons. The summed E-state index contributed by atoms with van der Waals surface area (Å²) < 4.78 is 0. The Bertz CT molecular complexity index is 335. The van der Waals surface area contributed by atoms with Gasteiger partial charge in [0.1, 0.15) is 0 Å². The third-order valence-corrected chi connectivity index (χ3v) is 2.64. The van der Waals surface area contributed by atoms with Crippen molar-refractivity contribution in [2.24, 2.45) is 0 Å². The number of aromatic nitrogens is 4. The molecule has 5 nitrogen and oxygen atoms in total. The fraction of sp³-hybridized carbons (Fsp3) is 0.889. The second-order valence-electron chi connectivity index (χ2n) is 5.01. The number of hydrogen-bond donors (Lipinski definition) is 1. The minimum absolute atomic E-state index is 0.128. The largest absolute Gasteiger partial charge is 0.395 e. The maximum Gasteiger partial charge on any atom is 0.183 e. The Labute approximate surface area is 83.1 Å². The van der Waals surface area contributed by atoms with Gasteiger partial charge in [0, 0.05) is 0 Å². The lowest BCUT2D eigenvalue weighted by molar-refractivity contribution is 0.247. The number of rotatable bonds is 2. The van der Waals surface area contributed by atoms with Gasteiger partial charge in [-0.15, -0.1) is 10.2 Å². The molecule has 1 N–H and O–H groups in total. The van der Waals surface area contributed by atoms with Crippen molar-refractivity contribution in [3.05, 3.63) is 5.82 Å². The first-order chi connectivity index (χ1) is 6.48. The number of tetrazole rings is 1. The second kappa shape index (κ2) is 2.76. The zero-order valence-corrected chi connectivity index (χ0v) is 8.86. The van der Waals surface area contributed by atoms with Crippen LogP contribution in [-0.2, 0) is 11.0 Å². The van der Waals surface area contributed by atoms with Crippen molar-refractivity contribution in [2.45, 2.75) is 44.6 Å². The van der Waals surface area contributed by atoms with Crippen LogP contribution in [0.25, 0.3) is 0 Å². The van der Waals surface area contributed by atoms with Crippen molar-refractivity contribution in [3.63, 3.8) is 0 Å². The van der Waals surface area contributed by atoms with Gasteiger partial charge >= 0.3 is 0 Å². The van der Waals surface area contributed by atoms with Crippen LogP contribution in [0.4, 0.5) is 0 Å². The van der Waals surface area contributed by atoms with Crippen LogP contribution in [0.2, 0.25) is 0 Å². The van der Waals surface area contributed by atoms with Crippen molar-refractivity contribution in [1.82, 2.24) is 20.2 Å². The molecule has 5 heteroatoms. The normalized spacial score (nSPS) is 19.7. The van der Waals surface area contributed by atoms with Crippen LogP contribution in [-0.4, -0.2) is 31.9 Å². The second-order valence-corrected chi connectivity index (χ2v) is 5.01. The van der Waals surface area contributed by atoms with E-state index in [9.17, 15) is 5.11 Å². The molecule has 0 amide bonds. The molecule has 1 aliphatic rings. The van der Waals surface area contributed by atoms with Crippen molar-refractivity contribution in [2.75, 3.05) is 6.61 Å². The monoisotopic (exact) mass is 196 g/mol. The molecule has 1 aliphatic carbocycles. The van der Waals surface area contributed by atoms with E-state index in [1.807, 2.05) is 20.8 Å². The van der Waals surface area contributed by atoms with E-state index in [0.717, 1.165) is 12.8 Å². The average Bonchev–Trinajstić information content (AvgIpc) is 2.73. The molecule has 14 heavy (non-hydrogen) atoms. The van der Waals surface area contributed by atoms with Crippen molar-refractivity contribution in [3.8, 4) is 0 Å². The Morgan fingerprint density at radius 3 is 2.43 bits per heavy atom. The summed E-state index contributed by atoms with van der Waals surface area (Å²) in [6.45, 7) is 6.20. The van der Waals surface area contributed by atoms with Crippen LogP contribution < -0.4 is 0 Å². The lowest BCUT2D eigenvalue weighted by Gasteiger charge is -2.15. The molecule has 2 rings (SSSR count). The standard InChI is InChI=1S/C9H16N4O/c1-8(2,3)13-11-7(10-12-13)9(6-14)4-5-9/h14H,4-6H2,1-3H3. The Balaban J connectivity index is 2.27. The highest BCUT2D eigenvalue weighted by Crippen LogP contribution is 2.45. The van der Waals surface area contributed by atoms with Gasteiger partial charge in [0.25, 0.3) is 0 Å². The predicted molar refractivity (Wildman–Crippen MR) is 50.8 cm³/mol. The molecule has 0 aromatic carbocycles. The van der Waals surface area contributed by atoms with Crippen LogP contribution in [0.1, 0.15) is 39.4 Å². The summed E-state index contributed by atoms with van der Waals surface area (Å²) in [4.78, 5) is 1.61. The summed E-state index contributed by atoms with van der Waals surface area (Å²) in [6, 6.07) is 0. The predicted octanol–water partition coefficient (Wildman–Crippen LogP) is 0.452. The van der Waals surface area contributed by atoms with Gasteiger partial charge in [0.15, 0.2) is 5.82 Å². The highest BCUT2D eigenvalue weighted by Gasteiger charge is 2.48. The number of hydrogen-bond acceptors (Lipinski definition) is 4. The number of nitrogens with zero attached hydrogens (tertiary/aromatic N) is 4. The molecule has 0 atom stereocenters. The van der Waals surface area contributed by atoms with E-state index >= 15 is 0 Å². The molecule has 1 saturated carbocycles. The molecule has 1 aromatic rings. The van der Waals surface area contributed by atoms with E-state index in [1.165, 1.54) is 0 Å². The van der Waals surface area contributed by atoms with Crippen molar-refractivity contribution < 1.29 is 5.11 Å². The van der Waals surface area contributed by atoms with E-state index in [1.54, 1.807) is 4.80 Å². The topological polar surface area (TPSA) is 63.8 Å². The van der Waals surface area contributed by atoms with Gasteiger partial charge in [-0.05, 0) is 38.8 Å². The molecule has 0 bridgehead atoms. The fourth-order valence-corrected chi connectivity index (χ4v) is 1.31. The van der Waals surface area contributed by atoms with E-state index < -0.39 is 0 Å². The van der Waals surface area contributed by atoms with Crippen LogP contribution in [0.5, 0.6) is 0 Å². The minimum Gasteiger partial charge on any atom is -0.395 e. The van der Waals surface area contributed by atoms with E-state index in [2.05, 4.69) is 15.4 Å². The molecular formula is C9H16N4O. The van der Waals surface area contributed by atoms with E-state index in [0.29, 0.717) is 5.82 Å². The minimum atomic E-state index is -0.177. The Kier molecular flexibility index (Phi) is 1.89. The SMILES string of the molecule is CC(C)(C)n1nnc(C2(CO)CC2)n1. The molecule has 0 aliphatic heterocycles. The molecule has 0 unspecified atom stereocenters. The van der Waals surface area contributed by atoms with Gasteiger partial charge in [-0.3, -0.25) is 0 Å². The maximum absolute atomic E-state index is 9.20. The van der Waals surface area contributed by atoms with Gasteiger partial charge in [-0.1, -0.05) is 0 Å². The Morgan fingerprint density at radius 1 is 1.43 bits per heavy atom. The third-order valence-electron chi connectivity index (χ3n) is 2.64. The van der Waals surface area contributed by atoms with Gasteiger partial charge < -0.3 is 5.11 Å². The first kappa shape index (κ1) is 9.58. The summed E-state index contributed by atoms with van der Waals surface area (Å²) in [5.74, 6) is 0.690. The maximum atomic E-state index is 9.20. The van der Waals surface area contributed by atoms with Crippen molar-refractivity contribution >= 4 is 0 Å². The first-order valence-electron chi connectivity index (χ1n) is 4.90. The van der Waals surface area contributed by atoms with E-state index in [-0.39, 0.29) is 17.6 Å². The summed E-state index contributed by atoms with van der Waals surface area (Å²) in [5, 5.41) is 21.5. The Hall–Kier alpha value is -0.970. The average molecular weight is 196 g/mol. The highest BCUT2D eigenvalue weighted by molar-refractivity contribution is 5.15. The lowest BCUT2D eigenvalue weighted by atomic mass is 10.1. The molecule has 0 saturated heterocycles. The number of aliphatic hydroxyl groups excluding tert-OH is 1. The summed E-state index contributed by atoms with van der Waals surface area (Å²) in [7, 11) is 0. The Morgan fingerprint density at radius 2 is 2.07 bits per heavy atom. The fourth-order valence-electron chi connectivity index (χ4n) is 1.31. The number of aliphatic hydroxyl groups is 1. The molecule has 1 heterocycles. The van der Waals surface area contributed by atoms with Gasteiger partial charge in [-0.2, -0.15) is 4.80 Å². The summed E-state index contributed by atoms with van der Waals surface area (Å²) >= 11 is 0. The summed E-state index contributed by atoms with van der Waals surface area (Å²) in [5.41, 5.74) is -0.319. The molecule has 1 aromatic heterocycles. The van der Waals surface area contributed by atoms with Gasteiger partial charge in [0.2, 0.25) is 0 Å². The van der Waals surface area contributed by atoms with Crippen LogP contribution in [0, 0.1) is 0 Å². The first-order valence-corrected chi connectivity index (χ1v) is 4.90. The molecular weight excluding hydrogens is 180 g/mol. The molecule has 0 spiro atoms. The van der Waals surface area contributed by atoms with Crippen molar-refractivity contribution in [1.29, 1.82) is 0 Å². The van der Waals surface area contributed by atoms with Crippen LogP contribution in [0.3, 0.4) is 0 Å². The van der Waals surface area contributed by atoms with Crippen LogP contribution >= 0.6 is 0 Å². The highest BCUT2D eigenvalue weighted by atomic mass is 16.3. The quantitative estimate of drug-likeness (QED) is 0.746. The van der Waals surface area contributed by atoms with Gasteiger partial charge in [0.05, 0.1) is 17.6 Å². The summed E-state index contributed by atoms with van der Waals surface area (Å²) in [6.07, 6.45) is 1.94. The van der Waals surface area contributed by atoms with Gasteiger partial charge in [-0.25, -0.2) is 0 Å². The third kappa shape index (κ3) is 1.41. The zero-order chi connectivity index (χ0) is 10.4. The smallest absolute Gasteiger partial charge is 0.183 e. The molecule has 1 fully saturated rings. The zero-order valence-electron chi connectivity index (χ0n) is 8.86. The van der Waals surface area contributed by atoms with E-state index in [4.69, 9.17) is 0 Å². The molecule has 78 valence electrons.